The number of hydrogen-bond acceptors (Lipinski definition) is 8. The van der Waals surface area contributed by atoms with Gasteiger partial charge in [-0.05, 0) is 67.0 Å². The normalized spacial score (nSPS) is 26.0. The van der Waals surface area contributed by atoms with E-state index < -0.39 is 28.9 Å². The molecule has 2 heterocycles. The summed E-state index contributed by atoms with van der Waals surface area (Å²) in [6.45, 7) is 1.89. The van der Waals surface area contributed by atoms with E-state index in [1.807, 2.05) is 36.4 Å². The zero-order valence-electron chi connectivity index (χ0n) is 26.0. The molecule has 2 bridgehead atoms. The molecular weight excluding hydrogens is 596 g/mol. The molecule has 1 spiro atoms. The van der Waals surface area contributed by atoms with Gasteiger partial charge in [-0.1, -0.05) is 60.7 Å². The maximum absolute atomic E-state index is 13.6. The molecule has 3 aromatic rings. The summed E-state index contributed by atoms with van der Waals surface area (Å²) >= 11 is 0. The Morgan fingerprint density at radius 2 is 1.81 bits per heavy atom. The van der Waals surface area contributed by atoms with E-state index in [2.05, 4.69) is 27.7 Å². The lowest BCUT2D eigenvalue weighted by Gasteiger charge is -2.62. The van der Waals surface area contributed by atoms with Gasteiger partial charge in [-0.15, -0.1) is 0 Å². The van der Waals surface area contributed by atoms with Crippen molar-refractivity contribution in [1.29, 1.82) is 5.41 Å². The standard InChI is InChI=1S/C37H38N4O6/c38-21-28(35(45)40-22-42)25-8-6-24(7-9-25)13-17-39-34(44)27-11-10-26-20-30-37(46)15-12-29(43)33-36(37,31(26)32(27)47-33)16-19-41(30)18-14-23-4-2-1-3-5-23/h1-11,21-22,28,30,33,38,46H,12-20H2,(H,39,44)(H,40,42,45). The number of imide groups is 1. The fraction of sp³-hybridized carbons (Fsp3) is 0.378. The van der Waals surface area contributed by atoms with Crippen molar-refractivity contribution in [2.75, 3.05) is 19.6 Å². The highest BCUT2D eigenvalue weighted by atomic mass is 16.5. The Bertz CT molecular complexity index is 1740. The fourth-order valence-corrected chi connectivity index (χ4v) is 8.57. The number of benzene rings is 3. The number of carbonyl (C=O) groups is 4. The number of aliphatic hydroxyl groups is 1. The van der Waals surface area contributed by atoms with E-state index in [1.165, 1.54) is 5.56 Å². The number of ketones is 1. The third-order valence-corrected chi connectivity index (χ3v) is 10.9. The van der Waals surface area contributed by atoms with Crippen LogP contribution in [0.2, 0.25) is 0 Å². The summed E-state index contributed by atoms with van der Waals surface area (Å²) in [6, 6.07) is 21.1. The van der Waals surface area contributed by atoms with Crippen LogP contribution < -0.4 is 15.4 Å². The van der Waals surface area contributed by atoms with Gasteiger partial charge in [0.15, 0.2) is 11.9 Å². The lowest BCUT2D eigenvalue weighted by Crippen LogP contribution is -2.76. The first-order valence-electron chi connectivity index (χ1n) is 16.3. The summed E-state index contributed by atoms with van der Waals surface area (Å²) in [7, 11) is 0. The minimum Gasteiger partial charge on any atom is -0.480 e. The summed E-state index contributed by atoms with van der Waals surface area (Å²) in [5, 5.41) is 25.2. The first-order valence-corrected chi connectivity index (χ1v) is 16.3. The van der Waals surface area contributed by atoms with Crippen LogP contribution in [0.25, 0.3) is 0 Å². The minimum absolute atomic E-state index is 0.0149. The van der Waals surface area contributed by atoms with E-state index in [-0.39, 0.29) is 24.2 Å². The molecule has 7 rings (SSSR count). The van der Waals surface area contributed by atoms with E-state index in [4.69, 9.17) is 10.1 Å². The summed E-state index contributed by atoms with van der Waals surface area (Å²) in [6.07, 6.45) is 3.73. The van der Waals surface area contributed by atoms with Crippen LogP contribution in [-0.4, -0.2) is 77.6 Å². The molecule has 10 nitrogen and oxygen atoms in total. The Kier molecular flexibility index (Phi) is 8.01. The highest BCUT2D eigenvalue weighted by molar-refractivity contribution is 6.02. The van der Waals surface area contributed by atoms with Crippen molar-refractivity contribution in [2.24, 2.45) is 0 Å². The molecule has 4 N–H and O–H groups in total. The fourth-order valence-electron chi connectivity index (χ4n) is 8.57. The Balaban J connectivity index is 1.09. The lowest BCUT2D eigenvalue weighted by atomic mass is 9.49. The van der Waals surface area contributed by atoms with Gasteiger partial charge < -0.3 is 20.6 Å². The van der Waals surface area contributed by atoms with E-state index in [9.17, 15) is 24.3 Å². The topological polar surface area (TPSA) is 149 Å². The van der Waals surface area contributed by atoms with Gasteiger partial charge in [0, 0.05) is 37.3 Å². The second-order valence-corrected chi connectivity index (χ2v) is 13.1. The van der Waals surface area contributed by atoms with Crippen LogP contribution in [0.1, 0.15) is 63.4 Å². The van der Waals surface area contributed by atoms with Gasteiger partial charge >= 0.3 is 0 Å². The number of Topliss-reactive ketones (excluding diaryl/α,β-unsaturated/α-hetero) is 1. The number of piperidine rings is 1. The zero-order valence-corrected chi connectivity index (χ0v) is 26.0. The molecule has 10 heteroatoms. The Morgan fingerprint density at radius 1 is 1.04 bits per heavy atom. The average Bonchev–Trinajstić information content (AvgIpc) is 3.44. The number of hydrogen-bond donors (Lipinski definition) is 4. The summed E-state index contributed by atoms with van der Waals surface area (Å²) in [5.74, 6) is -1.32. The first-order chi connectivity index (χ1) is 22.8. The van der Waals surface area contributed by atoms with E-state index >= 15 is 0 Å². The smallest absolute Gasteiger partial charge is 0.255 e. The first kappa shape index (κ1) is 31.0. The summed E-state index contributed by atoms with van der Waals surface area (Å²) < 4.78 is 6.46. The van der Waals surface area contributed by atoms with Gasteiger partial charge in [0.25, 0.3) is 5.91 Å². The van der Waals surface area contributed by atoms with Crippen LogP contribution in [0.4, 0.5) is 0 Å². The quantitative estimate of drug-likeness (QED) is 0.187. The van der Waals surface area contributed by atoms with E-state index in [0.29, 0.717) is 55.5 Å². The molecule has 2 fully saturated rings. The van der Waals surface area contributed by atoms with Crippen molar-refractivity contribution in [3.8, 4) is 5.75 Å². The van der Waals surface area contributed by atoms with Crippen molar-refractivity contribution in [3.05, 3.63) is 100 Å². The van der Waals surface area contributed by atoms with Crippen molar-refractivity contribution >= 4 is 30.2 Å². The Hall–Kier alpha value is -4.67. The maximum atomic E-state index is 13.6. The minimum atomic E-state index is -1.13. The number of nitrogens with zero attached hydrogens (tertiary/aromatic N) is 1. The molecule has 3 aromatic carbocycles. The van der Waals surface area contributed by atoms with Gasteiger partial charge in [0.1, 0.15) is 5.75 Å². The van der Waals surface area contributed by atoms with Crippen LogP contribution in [0.15, 0.2) is 66.7 Å². The number of rotatable bonds is 11. The third kappa shape index (κ3) is 4.98. The molecule has 5 unspecified atom stereocenters. The van der Waals surface area contributed by atoms with Gasteiger partial charge in [-0.25, -0.2) is 0 Å². The Labute approximate surface area is 273 Å². The molecule has 2 aliphatic carbocycles. The van der Waals surface area contributed by atoms with Crippen LogP contribution >= 0.6 is 0 Å². The van der Waals surface area contributed by atoms with Crippen LogP contribution in [0.5, 0.6) is 5.75 Å². The number of nitrogens with one attached hydrogen (secondary N) is 3. The largest absolute Gasteiger partial charge is 0.480 e. The van der Waals surface area contributed by atoms with Crippen LogP contribution in [0.3, 0.4) is 0 Å². The lowest BCUT2D eigenvalue weighted by molar-refractivity contribution is -0.188. The highest BCUT2D eigenvalue weighted by Crippen LogP contribution is 2.63. The molecule has 4 aliphatic rings. The number of amides is 3. The van der Waals surface area contributed by atoms with Gasteiger partial charge in [-0.3, -0.25) is 29.4 Å². The van der Waals surface area contributed by atoms with Gasteiger partial charge in [0.05, 0.1) is 22.5 Å². The molecule has 1 saturated heterocycles. The number of carbonyl (C=O) groups excluding carboxylic acids is 4. The van der Waals surface area contributed by atoms with Gasteiger partial charge in [-0.2, -0.15) is 0 Å². The van der Waals surface area contributed by atoms with Crippen molar-refractivity contribution in [2.45, 2.75) is 67.6 Å². The monoisotopic (exact) mass is 634 g/mol. The van der Waals surface area contributed by atoms with E-state index in [0.717, 1.165) is 42.4 Å². The summed E-state index contributed by atoms with van der Waals surface area (Å²) in [4.78, 5) is 52.1. The van der Waals surface area contributed by atoms with E-state index in [1.54, 1.807) is 18.2 Å². The molecule has 2 aliphatic heterocycles. The summed E-state index contributed by atoms with van der Waals surface area (Å²) in [5.41, 5.74) is 3.02. The Morgan fingerprint density at radius 3 is 2.55 bits per heavy atom. The molecule has 5 atom stereocenters. The molecule has 0 aromatic heterocycles. The second-order valence-electron chi connectivity index (χ2n) is 13.1. The number of likely N-dealkylation sites (tertiary alicyclic amines) is 1. The third-order valence-electron chi connectivity index (χ3n) is 10.9. The molecule has 3 amide bonds. The highest BCUT2D eigenvalue weighted by Gasteiger charge is 2.73. The average molecular weight is 635 g/mol. The van der Waals surface area contributed by atoms with Crippen molar-refractivity contribution < 1.29 is 29.0 Å². The second kappa shape index (κ2) is 12.2. The predicted molar refractivity (Wildman–Crippen MR) is 174 cm³/mol. The predicted octanol–water partition coefficient (Wildman–Crippen LogP) is 2.63. The van der Waals surface area contributed by atoms with Gasteiger partial charge in [0.2, 0.25) is 12.3 Å². The SMILES string of the molecule is N=CC(C(=O)NC=O)c1ccc(CCNC(=O)c2ccc3c4c2OC2C(=O)CCC5(O)C(C3)N(CCc3ccccc3)CCC425)cc1. The van der Waals surface area contributed by atoms with Crippen LogP contribution in [0, 0.1) is 5.41 Å². The number of ether oxygens (including phenoxy) is 1. The van der Waals surface area contributed by atoms with Crippen molar-refractivity contribution in [3.63, 3.8) is 0 Å². The molecule has 0 radical (unpaired) electrons. The van der Waals surface area contributed by atoms with Crippen molar-refractivity contribution in [1.82, 2.24) is 15.5 Å². The molecule has 242 valence electrons. The van der Waals surface area contributed by atoms with Crippen LogP contribution in [-0.2, 0) is 39.1 Å². The maximum Gasteiger partial charge on any atom is 0.255 e. The molecular formula is C37H38N4O6. The molecule has 47 heavy (non-hydrogen) atoms. The molecule has 1 saturated carbocycles. The zero-order chi connectivity index (χ0) is 32.8.